The number of ether oxygens (including phenoxy) is 2. The number of hydrogen-bond donors (Lipinski definition) is 2. The Hall–Kier alpha value is -0.950. The molecule has 0 saturated carbocycles. The van der Waals surface area contributed by atoms with Gasteiger partial charge in [0, 0.05) is 12.8 Å². The molecule has 0 unspecified atom stereocenters. The zero-order valence-corrected chi connectivity index (χ0v) is 26.6. The lowest BCUT2D eigenvalue weighted by atomic mass is 10.0. The molecule has 0 spiro atoms. The first-order chi connectivity index (χ1) is 19.3. The van der Waals surface area contributed by atoms with Gasteiger partial charge in [0.2, 0.25) is 0 Å². The number of unbranched alkanes of at least 4 members (excludes halogenated alkanes) is 20. The molecule has 0 aliphatic heterocycles. The van der Waals surface area contributed by atoms with Crippen LogP contribution in [-0.2, 0) is 28.2 Å². The van der Waals surface area contributed by atoms with Crippen LogP contribution < -0.4 is 0 Å². The lowest BCUT2D eigenvalue weighted by molar-refractivity contribution is -0.161. The molecule has 0 aromatic carbocycles. The quantitative estimate of drug-likeness (QED) is 0.0482. The monoisotopic (exact) mass is 592 g/mol. The van der Waals surface area contributed by atoms with E-state index in [1.165, 1.54) is 96.3 Å². The molecular weight excluding hydrogens is 531 g/mol. The van der Waals surface area contributed by atoms with Gasteiger partial charge in [-0.2, -0.15) is 0 Å². The molecule has 0 aromatic heterocycles. The Kier molecular flexibility index (Phi) is 27.5. The molecule has 40 heavy (non-hydrogen) atoms. The van der Waals surface area contributed by atoms with Crippen molar-refractivity contribution in [1.82, 2.24) is 0 Å². The predicted octanol–water partition coefficient (Wildman–Crippen LogP) is 8.95. The third kappa shape index (κ3) is 30.0. The van der Waals surface area contributed by atoms with E-state index in [-0.39, 0.29) is 19.4 Å². The van der Waals surface area contributed by atoms with Crippen molar-refractivity contribution in [3.05, 3.63) is 0 Å². The van der Waals surface area contributed by atoms with Crippen LogP contribution in [-0.4, -0.2) is 41.0 Å². The van der Waals surface area contributed by atoms with Crippen molar-refractivity contribution in [2.24, 2.45) is 0 Å². The van der Waals surface area contributed by atoms with Crippen molar-refractivity contribution in [3.63, 3.8) is 0 Å². The highest BCUT2D eigenvalue weighted by Gasteiger charge is 2.22. The average Bonchev–Trinajstić information content (AvgIpc) is 2.91. The summed E-state index contributed by atoms with van der Waals surface area (Å²) >= 11 is 0. The topological polar surface area (TPSA) is 119 Å². The second-order valence-electron chi connectivity index (χ2n) is 11.2. The number of phosphoric acid groups is 1. The minimum absolute atomic E-state index is 0.218. The summed E-state index contributed by atoms with van der Waals surface area (Å²) in [5.74, 6) is -0.880. The van der Waals surface area contributed by atoms with Gasteiger partial charge in [0.1, 0.15) is 6.61 Å². The molecule has 9 heteroatoms. The van der Waals surface area contributed by atoms with Crippen LogP contribution >= 0.6 is 7.82 Å². The van der Waals surface area contributed by atoms with Crippen molar-refractivity contribution < 1.29 is 37.9 Å². The van der Waals surface area contributed by atoms with Crippen LogP contribution in [0.15, 0.2) is 0 Å². The van der Waals surface area contributed by atoms with Crippen LogP contribution in [0.4, 0.5) is 0 Å². The van der Waals surface area contributed by atoms with Crippen molar-refractivity contribution in [2.45, 2.75) is 174 Å². The molecule has 2 N–H and O–H groups in total. The average molecular weight is 593 g/mol. The molecule has 0 aliphatic carbocycles. The van der Waals surface area contributed by atoms with E-state index in [0.29, 0.717) is 6.42 Å². The van der Waals surface area contributed by atoms with Gasteiger partial charge in [-0.25, -0.2) is 4.57 Å². The Morgan fingerprint density at radius 3 is 1.27 bits per heavy atom. The Bertz CT molecular complexity index is 637. The van der Waals surface area contributed by atoms with Crippen molar-refractivity contribution >= 4 is 19.8 Å². The summed E-state index contributed by atoms with van der Waals surface area (Å²) in [5.41, 5.74) is 0. The first kappa shape index (κ1) is 39.0. The molecule has 1 atom stereocenters. The molecule has 0 fully saturated rings. The van der Waals surface area contributed by atoms with Crippen LogP contribution in [0.3, 0.4) is 0 Å². The summed E-state index contributed by atoms with van der Waals surface area (Å²) < 4.78 is 26.1. The van der Waals surface area contributed by atoms with Gasteiger partial charge in [-0.15, -0.1) is 0 Å². The molecule has 8 nitrogen and oxygen atoms in total. The first-order valence-corrected chi connectivity index (χ1v) is 17.9. The number of rotatable bonds is 30. The predicted molar refractivity (Wildman–Crippen MR) is 161 cm³/mol. The smallest absolute Gasteiger partial charge is 0.462 e. The zero-order valence-electron chi connectivity index (χ0n) is 25.8. The maximum absolute atomic E-state index is 12.2. The molecule has 0 heterocycles. The van der Waals surface area contributed by atoms with E-state index in [9.17, 15) is 14.2 Å². The third-order valence-electron chi connectivity index (χ3n) is 7.13. The summed E-state index contributed by atoms with van der Waals surface area (Å²) in [6.07, 6.45) is 25.4. The fraction of sp³-hybridized carbons (Fsp3) is 0.935. The minimum atomic E-state index is -4.73. The second kappa shape index (κ2) is 28.2. The van der Waals surface area contributed by atoms with Crippen LogP contribution in [0.2, 0.25) is 0 Å². The second-order valence-corrected chi connectivity index (χ2v) is 12.4. The Labute approximate surface area is 244 Å². The SMILES string of the molecule is CCCCCCCCCCCCCCC(=O)OC[C@H](COP(=O)(O)O)OC(=O)CCCCCCCCCCCC. The summed E-state index contributed by atoms with van der Waals surface area (Å²) in [6, 6.07) is 0. The summed E-state index contributed by atoms with van der Waals surface area (Å²) in [4.78, 5) is 42.4. The lowest BCUT2D eigenvalue weighted by Gasteiger charge is -2.18. The Balaban J connectivity index is 4.00. The van der Waals surface area contributed by atoms with Gasteiger partial charge in [-0.1, -0.05) is 142 Å². The van der Waals surface area contributed by atoms with Gasteiger partial charge in [0.05, 0.1) is 6.61 Å². The van der Waals surface area contributed by atoms with E-state index < -0.39 is 32.5 Å². The molecule has 0 aromatic rings. The summed E-state index contributed by atoms with van der Waals surface area (Å²) in [5, 5.41) is 0. The van der Waals surface area contributed by atoms with Gasteiger partial charge in [0.15, 0.2) is 6.10 Å². The van der Waals surface area contributed by atoms with Gasteiger partial charge in [-0.3, -0.25) is 14.1 Å². The van der Waals surface area contributed by atoms with E-state index in [4.69, 9.17) is 19.3 Å². The molecular formula is C31H61O8P. The highest BCUT2D eigenvalue weighted by atomic mass is 31.2. The van der Waals surface area contributed by atoms with Crippen LogP contribution in [0.5, 0.6) is 0 Å². The van der Waals surface area contributed by atoms with Gasteiger partial charge < -0.3 is 19.3 Å². The first-order valence-electron chi connectivity index (χ1n) is 16.3. The molecule has 238 valence electrons. The Morgan fingerprint density at radius 2 is 0.900 bits per heavy atom. The van der Waals surface area contributed by atoms with Gasteiger partial charge in [-0.05, 0) is 12.8 Å². The number of hydrogen-bond acceptors (Lipinski definition) is 6. The molecule has 0 radical (unpaired) electrons. The maximum atomic E-state index is 12.2. The lowest BCUT2D eigenvalue weighted by Crippen LogP contribution is -2.29. The number of carbonyl (C=O) groups is 2. The summed E-state index contributed by atoms with van der Waals surface area (Å²) in [6.45, 7) is 3.64. The number of carbonyl (C=O) groups excluding carboxylic acids is 2. The van der Waals surface area contributed by atoms with Crippen molar-refractivity contribution in [1.29, 1.82) is 0 Å². The minimum Gasteiger partial charge on any atom is -0.462 e. The zero-order chi connectivity index (χ0) is 29.7. The van der Waals surface area contributed by atoms with Crippen molar-refractivity contribution in [3.8, 4) is 0 Å². The maximum Gasteiger partial charge on any atom is 0.469 e. The summed E-state index contributed by atoms with van der Waals surface area (Å²) in [7, 11) is -4.73. The third-order valence-corrected chi connectivity index (χ3v) is 7.61. The normalized spacial score (nSPS) is 12.4. The molecule has 0 bridgehead atoms. The van der Waals surface area contributed by atoms with E-state index >= 15 is 0 Å². The van der Waals surface area contributed by atoms with E-state index in [1.54, 1.807) is 0 Å². The molecule has 0 saturated heterocycles. The molecule has 0 aliphatic rings. The number of esters is 2. The molecule has 0 rings (SSSR count). The highest BCUT2D eigenvalue weighted by Crippen LogP contribution is 2.35. The van der Waals surface area contributed by atoms with E-state index in [2.05, 4.69) is 18.4 Å². The van der Waals surface area contributed by atoms with Crippen LogP contribution in [0.25, 0.3) is 0 Å². The fourth-order valence-electron chi connectivity index (χ4n) is 4.67. The highest BCUT2D eigenvalue weighted by molar-refractivity contribution is 7.46. The standard InChI is InChI=1S/C31H61O8P/c1-3-5-7-9-11-13-15-16-18-19-21-23-25-30(32)37-27-29(28-38-40(34,35)36)39-31(33)26-24-22-20-17-14-12-10-8-6-4-2/h29H,3-28H2,1-2H3,(H2,34,35,36)/t29-/m1/s1. The van der Waals surface area contributed by atoms with Gasteiger partial charge in [0.25, 0.3) is 0 Å². The van der Waals surface area contributed by atoms with E-state index in [0.717, 1.165) is 38.5 Å². The van der Waals surface area contributed by atoms with E-state index in [1.807, 2.05) is 0 Å². The van der Waals surface area contributed by atoms with Crippen molar-refractivity contribution in [2.75, 3.05) is 13.2 Å². The molecule has 0 amide bonds. The largest absolute Gasteiger partial charge is 0.469 e. The van der Waals surface area contributed by atoms with Crippen LogP contribution in [0, 0.1) is 0 Å². The Morgan fingerprint density at radius 1 is 0.550 bits per heavy atom. The van der Waals surface area contributed by atoms with Crippen LogP contribution in [0.1, 0.15) is 168 Å². The van der Waals surface area contributed by atoms with Gasteiger partial charge >= 0.3 is 19.8 Å². The number of phosphoric ester groups is 1. The fourth-order valence-corrected chi connectivity index (χ4v) is 5.03.